The summed E-state index contributed by atoms with van der Waals surface area (Å²) in [5.41, 5.74) is 5.61. The quantitative estimate of drug-likeness (QED) is 0.350. The molecule has 4 rings (SSSR count). The molecule has 1 aromatic carbocycles. The molecule has 0 amide bonds. The van der Waals surface area contributed by atoms with E-state index in [4.69, 9.17) is 9.41 Å². The zero-order valence-corrected chi connectivity index (χ0v) is 26.6. The van der Waals surface area contributed by atoms with Crippen LogP contribution in [0.4, 0.5) is 13.2 Å². The van der Waals surface area contributed by atoms with E-state index in [1.54, 1.807) is 0 Å². The lowest BCUT2D eigenvalue weighted by Gasteiger charge is -2.45. The van der Waals surface area contributed by atoms with Crippen molar-refractivity contribution in [1.82, 2.24) is 4.98 Å². The van der Waals surface area contributed by atoms with E-state index in [2.05, 4.69) is 67.6 Å². The molecular formula is C33H46F3NO2Si. The van der Waals surface area contributed by atoms with Gasteiger partial charge in [0.2, 0.25) is 0 Å². The van der Waals surface area contributed by atoms with E-state index < -0.39 is 26.2 Å². The van der Waals surface area contributed by atoms with Crippen molar-refractivity contribution in [3.8, 4) is 0 Å². The van der Waals surface area contributed by atoms with Crippen LogP contribution in [0.2, 0.25) is 18.1 Å². The van der Waals surface area contributed by atoms with Gasteiger partial charge in [0.05, 0.1) is 11.7 Å². The molecule has 0 radical (unpaired) electrons. The summed E-state index contributed by atoms with van der Waals surface area (Å²) < 4.78 is 47.1. The maximum atomic E-state index is 13.3. The van der Waals surface area contributed by atoms with Gasteiger partial charge in [0, 0.05) is 22.5 Å². The van der Waals surface area contributed by atoms with Gasteiger partial charge < -0.3 is 9.53 Å². The zero-order chi connectivity index (χ0) is 29.8. The Bertz CT molecular complexity index is 1270. The number of fused-ring (bicyclic) bond motifs is 1. The number of hydrogen-bond donors (Lipinski definition) is 1. The minimum Gasteiger partial charge on any atom is -0.410 e. The van der Waals surface area contributed by atoms with Gasteiger partial charge >= 0.3 is 6.18 Å². The van der Waals surface area contributed by atoms with Crippen LogP contribution in [0, 0.1) is 5.41 Å². The fraction of sp³-hybridized carbons (Fsp3) is 0.606. The molecule has 1 heterocycles. The average Bonchev–Trinajstić information content (AvgIpc) is 3.35. The fourth-order valence-electron chi connectivity index (χ4n) is 5.91. The third-order valence-electron chi connectivity index (χ3n) is 9.07. The van der Waals surface area contributed by atoms with Crippen LogP contribution in [0.1, 0.15) is 131 Å². The SMILES string of the molecule is CC(C)c1nc2c(c(C3=CCCC3)c1C(O)c1ccc(C(F)(F)F)cc1)C(O[Si](C)(C)C(C)(C)C)CC(C)(C)C2. The van der Waals surface area contributed by atoms with Gasteiger partial charge in [0.1, 0.15) is 6.10 Å². The lowest BCUT2D eigenvalue weighted by molar-refractivity contribution is -0.137. The summed E-state index contributed by atoms with van der Waals surface area (Å²) in [6, 6.07) is 4.91. The first-order chi connectivity index (χ1) is 18.3. The van der Waals surface area contributed by atoms with Crippen molar-refractivity contribution >= 4 is 13.9 Å². The number of nitrogens with zero attached hydrogens (tertiary/aromatic N) is 1. The first-order valence-corrected chi connectivity index (χ1v) is 17.5. The third kappa shape index (κ3) is 6.12. The molecule has 1 aromatic heterocycles. The monoisotopic (exact) mass is 573 g/mol. The summed E-state index contributed by atoms with van der Waals surface area (Å²) in [5, 5.41) is 12.0. The number of aliphatic hydroxyl groups is 1. The standard InChI is InChI=1S/C33H46F3NO2Si/c1-20(2)29-28(30(38)22-14-16-23(17-15-22)33(34,35)36)26(21-12-10-11-13-21)27-24(37-29)18-32(6,7)19-25(27)39-40(8,9)31(3,4)5/h12,14-17,20,25,30,38H,10-11,13,18-19H2,1-9H3. The molecule has 1 N–H and O–H groups in total. The van der Waals surface area contributed by atoms with Crippen molar-refractivity contribution in [1.29, 1.82) is 0 Å². The topological polar surface area (TPSA) is 42.4 Å². The summed E-state index contributed by atoms with van der Waals surface area (Å²) in [7, 11) is -2.17. The van der Waals surface area contributed by atoms with Crippen molar-refractivity contribution in [3.05, 3.63) is 69.5 Å². The minimum absolute atomic E-state index is 0.00380. The molecule has 220 valence electrons. The highest BCUT2D eigenvalue weighted by atomic mass is 28.4. The molecule has 2 aliphatic rings. The minimum atomic E-state index is -4.43. The lowest BCUT2D eigenvalue weighted by Crippen LogP contribution is -2.44. The lowest BCUT2D eigenvalue weighted by atomic mass is 9.71. The van der Waals surface area contributed by atoms with Crippen LogP contribution in [0.25, 0.3) is 5.57 Å². The Labute approximate surface area is 239 Å². The second kappa shape index (κ2) is 10.7. The number of benzene rings is 1. The summed E-state index contributed by atoms with van der Waals surface area (Å²) in [4.78, 5) is 5.25. The molecule has 3 nitrogen and oxygen atoms in total. The maximum absolute atomic E-state index is 13.3. The van der Waals surface area contributed by atoms with E-state index in [1.165, 1.54) is 17.7 Å². The van der Waals surface area contributed by atoms with Gasteiger partial charge in [-0.3, -0.25) is 4.98 Å². The zero-order valence-electron chi connectivity index (χ0n) is 25.6. The summed E-state index contributed by atoms with van der Waals surface area (Å²) in [6.07, 6.45) is 1.16. The Morgan fingerprint density at radius 1 is 1.07 bits per heavy atom. The van der Waals surface area contributed by atoms with Crippen molar-refractivity contribution < 1.29 is 22.7 Å². The Morgan fingerprint density at radius 3 is 2.20 bits per heavy atom. The fourth-order valence-corrected chi connectivity index (χ4v) is 7.18. The number of halogens is 3. The number of pyridine rings is 1. The molecule has 2 atom stereocenters. The highest BCUT2D eigenvalue weighted by molar-refractivity contribution is 6.74. The molecule has 0 fully saturated rings. The van der Waals surface area contributed by atoms with Gasteiger partial charge in [0.25, 0.3) is 0 Å². The van der Waals surface area contributed by atoms with Gasteiger partial charge in [0.15, 0.2) is 8.32 Å². The van der Waals surface area contributed by atoms with Crippen LogP contribution in [0.15, 0.2) is 30.3 Å². The Morgan fingerprint density at radius 2 is 1.70 bits per heavy atom. The summed E-state index contributed by atoms with van der Waals surface area (Å²) in [6.45, 7) is 20.0. The smallest absolute Gasteiger partial charge is 0.410 e. The number of aromatic nitrogens is 1. The largest absolute Gasteiger partial charge is 0.416 e. The van der Waals surface area contributed by atoms with E-state index in [0.717, 1.165) is 72.3 Å². The van der Waals surface area contributed by atoms with Gasteiger partial charge in [-0.1, -0.05) is 66.7 Å². The highest BCUT2D eigenvalue weighted by Gasteiger charge is 2.45. The molecule has 2 aliphatic carbocycles. The number of rotatable bonds is 6. The Balaban J connectivity index is 1.99. The number of aliphatic hydroxyl groups excluding tert-OH is 1. The number of allylic oxidation sites excluding steroid dienone is 2. The molecule has 0 bridgehead atoms. The Kier molecular flexibility index (Phi) is 8.29. The highest BCUT2D eigenvalue weighted by Crippen LogP contribution is 2.52. The van der Waals surface area contributed by atoms with Crippen LogP contribution in [-0.2, 0) is 17.0 Å². The summed E-state index contributed by atoms with van der Waals surface area (Å²) >= 11 is 0. The van der Waals surface area contributed by atoms with E-state index in [-0.39, 0.29) is 22.5 Å². The molecule has 0 saturated carbocycles. The second-order valence-corrected chi connectivity index (χ2v) is 19.1. The Hall–Kier alpha value is -1.96. The normalized spacial score (nSPS) is 20.4. The van der Waals surface area contributed by atoms with Crippen LogP contribution < -0.4 is 0 Å². The van der Waals surface area contributed by atoms with Gasteiger partial charge in [-0.05, 0) is 90.4 Å². The second-order valence-electron chi connectivity index (χ2n) is 14.4. The molecule has 7 heteroatoms. The predicted molar refractivity (Wildman–Crippen MR) is 159 cm³/mol. The first-order valence-electron chi connectivity index (χ1n) is 14.6. The van der Waals surface area contributed by atoms with Crippen LogP contribution in [-0.4, -0.2) is 18.4 Å². The molecule has 0 aliphatic heterocycles. The molecular weight excluding hydrogens is 527 g/mol. The van der Waals surface area contributed by atoms with Gasteiger partial charge in [-0.25, -0.2) is 0 Å². The predicted octanol–water partition coefficient (Wildman–Crippen LogP) is 9.91. The van der Waals surface area contributed by atoms with Gasteiger partial charge in [-0.2, -0.15) is 13.2 Å². The van der Waals surface area contributed by atoms with Crippen molar-refractivity contribution in [2.45, 2.75) is 123 Å². The van der Waals surface area contributed by atoms with Gasteiger partial charge in [-0.15, -0.1) is 0 Å². The first kappa shape index (κ1) is 31.0. The van der Waals surface area contributed by atoms with Crippen LogP contribution in [0.5, 0.6) is 0 Å². The molecule has 40 heavy (non-hydrogen) atoms. The molecule has 0 saturated heterocycles. The molecule has 2 unspecified atom stereocenters. The average molecular weight is 574 g/mol. The van der Waals surface area contributed by atoms with E-state index in [0.29, 0.717) is 5.56 Å². The van der Waals surface area contributed by atoms with E-state index in [1.807, 2.05) is 0 Å². The van der Waals surface area contributed by atoms with Crippen molar-refractivity contribution in [2.75, 3.05) is 0 Å². The van der Waals surface area contributed by atoms with Crippen molar-refractivity contribution in [2.24, 2.45) is 5.41 Å². The number of hydrogen-bond acceptors (Lipinski definition) is 3. The maximum Gasteiger partial charge on any atom is 0.416 e. The van der Waals surface area contributed by atoms with Crippen LogP contribution >= 0.6 is 0 Å². The van der Waals surface area contributed by atoms with Crippen molar-refractivity contribution in [3.63, 3.8) is 0 Å². The third-order valence-corrected chi connectivity index (χ3v) is 13.6. The molecule has 2 aromatic rings. The number of alkyl halides is 3. The van der Waals surface area contributed by atoms with E-state index in [9.17, 15) is 18.3 Å². The summed E-state index contributed by atoms with van der Waals surface area (Å²) in [5.74, 6) is 0.0231. The molecule has 0 spiro atoms. The van der Waals surface area contributed by atoms with Crippen LogP contribution in [0.3, 0.4) is 0 Å². The van der Waals surface area contributed by atoms with E-state index >= 15 is 0 Å².